The predicted octanol–water partition coefficient (Wildman–Crippen LogP) is 1.98. The summed E-state index contributed by atoms with van der Waals surface area (Å²) in [7, 11) is 0. The van der Waals surface area contributed by atoms with E-state index < -0.39 is 0 Å². The Balaban J connectivity index is 1.53. The minimum Gasteiger partial charge on any atom is -0.362 e. The summed E-state index contributed by atoms with van der Waals surface area (Å²) in [6.45, 7) is 4.05. The molecule has 4 rings (SSSR count). The number of benzene rings is 1. The maximum Gasteiger partial charge on any atom is 0.322 e. The monoisotopic (exact) mass is 337 g/mol. The molecule has 0 radical (unpaired) electrons. The summed E-state index contributed by atoms with van der Waals surface area (Å²) in [5.74, 6) is 0. The highest BCUT2D eigenvalue weighted by molar-refractivity contribution is 5.97. The van der Waals surface area contributed by atoms with Crippen molar-refractivity contribution in [3.63, 3.8) is 0 Å². The summed E-state index contributed by atoms with van der Waals surface area (Å²) in [6.07, 6.45) is 2.81. The summed E-state index contributed by atoms with van der Waals surface area (Å²) in [6, 6.07) is 14.3. The number of fused-ring (bicyclic) bond motifs is 1. The van der Waals surface area contributed by atoms with Gasteiger partial charge in [0.2, 0.25) is 0 Å². The lowest BCUT2D eigenvalue weighted by atomic mass is 10.1. The zero-order chi connectivity index (χ0) is 17.1. The largest absolute Gasteiger partial charge is 0.362 e. The van der Waals surface area contributed by atoms with Gasteiger partial charge in [0.1, 0.15) is 0 Å². The lowest BCUT2D eigenvalue weighted by Crippen LogP contribution is -2.50. The van der Waals surface area contributed by atoms with Gasteiger partial charge in [0.05, 0.1) is 23.6 Å². The van der Waals surface area contributed by atoms with Crippen LogP contribution < -0.4 is 20.4 Å². The third-order valence-corrected chi connectivity index (χ3v) is 4.82. The fraction of sp³-hybridized carbons (Fsp3) is 0.368. The van der Waals surface area contributed by atoms with Crippen LogP contribution in [0.5, 0.6) is 0 Å². The second-order valence-electron chi connectivity index (χ2n) is 6.52. The van der Waals surface area contributed by atoms with Gasteiger partial charge in [-0.05, 0) is 37.2 Å². The van der Waals surface area contributed by atoms with Crippen molar-refractivity contribution in [3.05, 3.63) is 54.4 Å². The normalized spacial score (nSPS) is 19.6. The predicted molar refractivity (Wildman–Crippen MR) is 98.9 cm³/mol. The van der Waals surface area contributed by atoms with Crippen LogP contribution in [0.25, 0.3) is 0 Å². The topological polar surface area (TPSA) is 60.5 Å². The Morgan fingerprint density at radius 1 is 1.16 bits per heavy atom. The molecular formula is C19H23N5O. The smallest absolute Gasteiger partial charge is 0.322 e. The summed E-state index contributed by atoms with van der Waals surface area (Å²) >= 11 is 0. The number of carbonyl (C=O) groups is 1. The van der Waals surface area contributed by atoms with Gasteiger partial charge in [0.25, 0.3) is 0 Å². The third kappa shape index (κ3) is 3.44. The van der Waals surface area contributed by atoms with Crippen LogP contribution in [0.15, 0.2) is 48.7 Å². The standard InChI is InChI=1S/C19H23N5O/c25-19(22-15-8-10-20-13-15)24-12-11-23(14-16-5-3-4-9-21-16)17-6-1-2-7-18(17)24/h1-7,9,15,20H,8,10-14H2,(H,22,25). The highest BCUT2D eigenvalue weighted by atomic mass is 16.2. The summed E-state index contributed by atoms with van der Waals surface area (Å²) in [5.41, 5.74) is 3.08. The molecule has 6 heteroatoms. The van der Waals surface area contributed by atoms with E-state index in [1.54, 1.807) is 0 Å². The first kappa shape index (κ1) is 15.9. The lowest BCUT2D eigenvalue weighted by Gasteiger charge is -2.38. The molecule has 6 nitrogen and oxygen atoms in total. The summed E-state index contributed by atoms with van der Waals surface area (Å²) in [4.78, 5) is 21.3. The van der Waals surface area contributed by atoms with E-state index in [0.29, 0.717) is 6.54 Å². The van der Waals surface area contributed by atoms with Gasteiger partial charge in [-0.1, -0.05) is 18.2 Å². The zero-order valence-corrected chi connectivity index (χ0v) is 14.2. The van der Waals surface area contributed by atoms with E-state index in [1.807, 2.05) is 47.5 Å². The van der Waals surface area contributed by atoms with Crippen LogP contribution in [0.3, 0.4) is 0 Å². The number of para-hydroxylation sites is 2. The van der Waals surface area contributed by atoms with Crippen LogP contribution in [0.2, 0.25) is 0 Å². The van der Waals surface area contributed by atoms with Crippen LogP contribution in [0.4, 0.5) is 16.2 Å². The first-order valence-corrected chi connectivity index (χ1v) is 8.84. The van der Waals surface area contributed by atoms with Crippen molar-refractivity contribution < 1.29 is 4.79 Å². The molecule has 1 fully saturated rings. The number of pyridine rings is 1. The molecule has 25 heavy (non-hydrogen) atoms. The molecule has 2 aliphatic rings. The number of carbonyl (C=O) groups excluding carboxylic acids is 1. The third-order valence-electron chi connectivity index (χ3n) is 4.82. The van der Waals surface area contributed by atoms with Gasteiger partial charge in [-0.3, -0.25) is 9.88 Å². The number of anilines is 2. The van der Waals surface area contributed by atoms with E-state index in [9.17, 15) is 4.79 Å². The molecule has 1 aromatic carbocycles. The van der Waals surface area contributed by atoms with Gasteiger partial charge < -0.3 is 15.5 Å². The van der Waals surface area contributed by atoms with E-state index in [-0.39, 0.29) is 12.1 Å². The molecular weight excluding hydrogens is 314 g/mol. The van der Waals surface area contributed by atoms with Crippen molar-refractivity contribution in [3.8, 4) is 0 Å². The van der Waals surface area contributed by atoms with Crippen molar-refractivity contribution in [2.24, 2.45) is 0 Å². The van der Waals surface area contributed by atoms with Gasteiger partial charge in [-0.15, -0.1) is 0 Å². The summed E-state index contributed by atoms with van der Waals surface area (Å²) < 4.78 is 0. The van der Waals surface area contributed by atoms with Crippen molar-refractivity contribution >= 4 is 17.4 Å². The first-order valence-electron chi connectivity index (χ1n) is 8.84. The maximum absolute atomic E-state index is 12.7. The molecule has 1 unspecified atom stereocenters. The highest BCUT2D eigenvalue weighted by Crippen LogP contribution is 2.33. The van der Waals surface area contributed by atoms with Crippen LogP contribution >= 0.6 is 0 Å². The van der Waals surface area contributed by atoms with Gasteiger partial charge in [0, 0.05) is 31.9 Å². The molecule has 1 atom stereocenters. The molecule has 1 aromatic heterocycles. The van der Waals surface area contributed by atoms with E-state index in [4.69, 9.17) is 0 Å². The van der Waals surface area contributed by atoms with E-state index in [2.05, 4.69) is 26.6 Å². The molecule has 0 aliphatic carbocycles. The maximum atomic E-state index is 12.7. The Hall–Kier alpha value is -2.60. The lowest BCUT2D eigenvalue weighted by molar-refractivity contribution is 0.243. The van der Waals surface area contributed by atoms with Gasteiger partial charge in [-0.25, -0.2) is 4.79 Å². The van der Waals surface area contributed by atoms with E-state index in [0.717, 1.165) is 49.7 Å². The number of nitrogens with one attached hydrogen (secondary N) is 2. The quantitative estimate of drug-likeness (QED) is 0.899. The van der Waals surface area contributed by atoms with Gasteiger partial charge in [-0.2, -0.15) is 0 Å². The average Bonchev–Trinajstić information content (AvgIpc) is 3.16. The highest BCUT2D eigenvalue weighted by Gasteiger charge is 2.28. The van der Waals surface area contributed by atoms with Crippen molar-refractivity contribution in [1.82, 2.24) is 15.6 Å². The number of aromatic nitrogens is 1. The summed E-state index contributed by atoms with van der Waals surface area (Å²) in [5, 5.41) is 6.43. The van der Waals surface area contributed by atoms with Crippen LogP contribution in [-0.4, -0.2) is 43.2 Å². The van der Waals surface area contributed by atoms with Crippen molar-refractivity contribution in [2.45, 2.75) is 19.0 Å². The molecule has 0 saturated carbocycles. The zero-order valence-electron chi connectivity index (χ0n) is 14.2. The number of rotatable bonds is 3. The minimum absolute atomic E-state index is 0.00126. The van der Waals surface area contributed by atoms with Crippen LogP contribution in [0, 0.1) is 0 Å². The van der Waals surface area contributed by atoms with E-state index >= 15 is 0 Å². The number of amides is 2. The molecule has 0 bridgehead atoms. The second kappa shape index (κ2) is 7.11. The Morgan fingerprint density at radius 2 is 2.00 bits per heavy atom. The van der Waals surface area contributed by atoms with E-state index in [1.165, 1.54) is 0 Å². The van der Waals surface area contributed by atoms with Crippen molar-refractivity contribution in [2.75, 3.05) is 36.0 Å². The number of nitrogens with zero attached hydrogens (tertiary/aromatic N) is 3. The minimum atomic E-state index is -0.00126. The second-order valence-corrected chi connectivity index (χ2v) is 6.52. The molecule has 2 aromatic rings. The van der Waals surface area contributed by atoms with Crippen LogP contribution in [0.1, 0.15) is 12.1 Å². The Labute approximate surface area is 147 Å². The fourth-order valence-corrected chi connectivity index (χ4v) is 3.51. The SMILES string of the molecule is O=C(NC1CCNC1)N1CCN(Cc2ccccn2)c2ccccc21. The molecule has 2 amide bonds. The Kier molecular flexibility index (Phi) is 4.52. The fourth-order valence-electron chi connectivity index (χ4n) is 3.51. The molecule has 0 spiro atoms. The first-order chi connectivity index (χ1) is 12.3. The molecule has 2 aliphatic heterocycles. The molecule has 130 valence electrons. The number of hydrogen-bond acceptors (Lipinski definition) is 4. The van der Waals surface area contributed by atoms with Crippen LogP contribution in [-0.2, 0) is 6.54 Å². The average molecular weight is 337 g/mol. The number of hydrogen-bond donors (Lipinski definition) is 2. The van der Waals surface area contributed by atoms with Crippen molar-refractivity contribution in [1.29, 1.82) is 0 Å². The Bertz CT molecular complexity index is 730. The number of urea groups is 1. The molecule has 1 saturated heterocycles. The molecule has 3 heterocycles. The molecule has 2 N–H and O–H groups in total. The Morgan fingerprint density at radius 3 is 2.76 bits per heavy atom. The van der Waals surface area contributed by atoms with Gasteiger partial charge >= 0.3 is 6.03 Å². The van der Waals surface area contributed by atoms with Gasteiger partial charge in [0.15, 0.2) is 0 Å².